The molecule has 202 valence electrons. The third-order valence-electron chi connectivity index (χ3n) is 5.72. The largest absolute Gasteiger partial charge is 0.486 e. The number of anilines is 3. The molecule has 13 heteroatoms. The lowest BCUT2D eigenvalue weighted by Gasteiger charge is -2.29. The molecule has 38 heavy (non-hydrogen) atoms. The van der Waals surface area contributed by atoms with Crippen molar-refractivity contribution < 1.29 is 31.1 Å². The van der Waals surface area contributed by atoms with Crippen molar-refractivity contribution in [3.8, 4) is 11.5 Å². The van der Waals surface area contributed by atoms with Crippen molar-refractivity contribution in [3.05, 3.63) is 71.2 Å². The maximum absolute atomic E-state index is 13.0. The SMILES string of the molecule is Cc1ccc(NS(=O)(=O)c2ccc(NC(=O)[C@H](C)N(c3ccc4c(c3)OCCO4)S(C)(=O)=O)cc2)cc1Cl. The Hall–Kier alpha value is -3.48. The van der Waals surface area contributed by atoms with Crippen LogP contribution in [0.5, 0.6) is 11.5 Å². The van der Waals surface area contributed by atoms with Gasteiger partial charge >= 0.3 is 0 Å². The van der Waals surface area contributed by atoms with E-state index in [1.54, 1.807) is 25.1 Å². The number of hydrogen-bond donors (Lipinski definition) is 2. The number of fused-ring (bicyclic) bond motifs is 1. The Kier molecular flexibility index (Phi) is 7.77. The Bertz CT molecular complexity index is 1580. The summed E-state index contributed by atoms with van der Waals surface area (Å²) in [7, 11) is -7.78. The molecule has 0 aliphatic carbocycles. The van der Waals surface area contributed by atoms with Gasteiger partial charge in [-0.3, -0.25) is 13.8 Å². The third kappa shape index (κ3) is 6.14. The van der Waals surface area contributed by atoms with Crippen molar-refractivity contribution in [2.45, 2.75) is 24.8 Å². The first kappa shape index (κ1) is 27.6. The van der Waals surface area contributed by atoms with E-state index >= 15 is 0 Å². The quantitative estimate of drug-likeness (QED) is 0.412. The standard InChI is InChI=1S/C25H26ClN3O7S2/c1-16-4-5-19(14-22(16)26)28-38(33,34)21-9-6-18(7-10-21)27-25(30)17(2)29(37(3,31)32)20-8-11-23-24(15-20)36-13-12-35-23/h4-11,14-15,17,28H,12-13H2,1-3H3,(H,27,30)/t17-/m0/s1. The van der Waals surface area contributed by atoms with Gasteiger partial charge in [-0.2, -0.15) is 0 Å². The first-order valence-corrected chi connectivity index (χ1v) is 15.1. The number of benzene rings is 3. The van der Waals surface area contributed by atoms with Crippen LogP contribution in [0.25, 0.3) is 0 Å². The number of carbonyl (C=O) groups excluding carboxylic acids is 1. The normalized spacial score (nSPS) is 13.9. The van der Waals surface area contributed by atoms with Crippen molar-refractivity contribution in [2.75, 3.05) is 33.8 Å². The maximum Gasteiger partial charge on any atom is 0.261 e. The minimum atomic E-state index is -3.91. The summed E-state index contributed by atoms with van der Waals surface area (Å²) in [5, 5.41) is 3.06. The smallest absolute Gasteiger partial charge is 0.261 e. The monoisotopic (exact) mass is 579 g/mol. The van der Waals surface area contributed by atoms with E-state index in [9.17, 15) is 21.6 Å². The topological polar surface area (TPSA) is 131 Å². The number of nitrogens with one attached hydrogen (secondary N) is 2. The highest BCUT2D eigenvalue weighted by molar-refractivity contribution is 7.92. The third-order valence-corrected chi connectivity index (χ3v) is 8.77. The Morgan fingerprint density at radius 3 is 2.18 bits per heavy atom. The molecule has 1 atom stereocenters. The molecule has 0 aromatic heterocycles. The van der Waals surface area contributed by atoms with Crippen LogP contribution in [0, 0.1) is 6.92 Å². The molecular weight excluding hydrogens is 554 g/mol. The summed E-state index contributed by atoms with van der Waals surface area (Å²) in [4.78, 5) is 13.0. The van der Waals surface area contributed by atoms with Gasteiger partial charge in [-0.25, -0.2) is 16.8 Å². The number of amides is 1. The number of rotatable bonds is 8. The van der Waals surface area contributed by atoms with E-state index in [1.807, 2.05) is 0 Å². The van der Waals surface area contributed by atoms with Crippen LogP contribution in [0.15, 0.2) is 65.6 Å². The lowest BCUT2D eigenvalue weighted by molar-refractivity contribution is -0.116. The van der Waals surface area contributed by atoms with E-state index in [1.165, 1.54) is 49.4 Å². The van der Waals surface area contributed by atoms with E-state index < -0.39 is 32.0 Å². The molecule has 0 saturated heterocycles. The number of sulfonamides is 2. The van der Waals surface area contributed by atoms with Gasteiger partial charge < -0.3 is 14.8 Å². The van der Waals surface area contributed by atoms with Crippen LogP contribution in [0.2, 0.25) is 5.02 Å². The van der Waals surface area contributed by atoms with Crippen LogP contribution in [-0.4, -0.2) is 48.3 Å². The zero-order chi connectivity index (χ0) is 27.7. The van der Waals surface area contributed by atoms with Gasteiger partial charge in [-0.15, -0.1) is 0 Å². The summed E-state index contributed by atoms with van der Waals surface area (Å²) >= 11 is 6.08. The summed E-state index contributed by atoms with van der Waals surface area (Å²) in [6.45, 7) is 3.96. The molecule has 4 rings (SSSR count). The molecule has 1 heterocycles. The van der Waals surface area contributed by atoms with E-state index in [-0.39, 0.29) is 16.3 Å². The first-order chi connectivity index (χ1) is 17.8. The molecule has 1 aliphatic rings. The molecule has 10 nitrogen and oxygen atoms in total. The van der Waals surface area contributed by atoms with Crippen LogP contribution in [0.3, 0.4) is 0 Å². The second kappa shape index (κ2) is 10.7. The molecule has 0 radical (unpaired) electrons. The van der Waals surface area contributed by atoms with Crippen LogP contribution < -0.4 is 23.8 Å². The number of ether oxygens (including phenoxy) is 2. The zero-order valence-electron chi connectivity index (χ0n) is 20.8. The summed E-state index contributed by atoms with van der Waals surface area (Å²) in [5.41, 5.74) is 1.65. The van der Waals surface area contributed by atoms with Crippen molar-refractivity contribution >= 4 is 54.6 Å². The predicted molar refractivity (Wildman–Crippen MR) is 146 cm³/mol. The highest BCUT2D eigenvalue weighted by Gasteiger charge is 2.30. The molecule has 0 spiro atoms. The number of halogens is 1. The summed E-state index contributed by atoms with van der Waals surface area (Å²) in [5.74, 6) is 0.252. The molecular formula is C25H26ClN3O7S2. The van der Waals surface area contributed by atoms with Gasteiger partial charge in [0.2, 0.25) is 15.9 Å². The van der Waals surface area contributed by atoms with E-state index in [0.29, 0.717) is 35.4 Å². The van der Waals surface area contributed by atoms with E-state index in [0.717, 1.165) is 16.1 Å². The van der Waals surface area contributed by atoms with Crippen molar-refractivity contribution in [2.24, 2.45) is 0 Å². The Balaban J connectivity index is 1.50. The maximum atomic E-state index is 13.0. The van der Waals surface area contributed by atoms with Gasteiger partial charge in [0.1, 0.15) is 19.3 Å². The molecule has 3 aromatic rings. The molecule has 3 aromatic carbocycles. The summed E-state index contributed by atoms with van der Waals surface area (Å²) in [6, 6.07) is 13.8. The Morgan fingerprint density at radius 1 is 0.921 bits per heavy atom. The van der Waals surface area contributed by atoms with Crippen molar-refractivity contribution in [1.82, 2.24) is 0 Å². The van der Waals surface area contributed by atoms with Gasteiger partial charge in [-0.1, -0.05) is 17.7 Å². The molecule has 1 amide bonds. The first-order valence-electron chi connectivity index (χ1n) is 11.4. The van der Waals surface area contributed by atoms with Crippen molar-refractivity contribution in [1.29, 1.82) is 0 Å². The van der Waals surface area contributed by atoms with Crippen LogP contribution >= 0.6 is 11.6 Å². The fourth-order valence-corrected chi connectivity index (χ4v) is 6.21. The Labute approximate surface area is 226 Å². The summed E-state index contributed by atoms with van der Waals surface area (Å²) < 4.78 is 65.3. The van der Waals surface area contributed by atoms with Crippen LogP contribution in [0.1, 0.15) is 12.5 Å². The van der Waals surface area contributed by atoms with Crippen LogP contribution in [-0.2, 0) is 24.8 Å². The van der Waals surface area contributed by atoms with Gasteiger partial charge in [0.25, 0.3) is 10.0 Å². The number of nitrogens with zero attached hydrogens (tertiary/aromatic N) is 1. The lowest BCUT2D eigenvalue weighted by Crippen LogP contribution is -2.45. The minimum Gasteiger partial charge on any atom is -0.486 e. The average Bonchev–Trinajstić information content (AvgIpc) is 2.85. The zero-order valence-corrected chi connectivity index (χ0v) is 23.2. The average molecular weight is 580 g/mol. The van der Waals surface area contributed by atoms with Gasteiger partial charge in [-0.05, 0) is 67.9 Å². The molecule has 2 N–H and O–H groups in total. The molecule has 0 saturated carbocycles. The highest BCUT2D eigenvalue weighted by atomic mass is 35.5. The van der Waals surface area contributed by atoms with E-state index in [4.69, 9.17) is 21.1 Å². The van der Waals surface area contributed by atoms with E-state index in [2.05, 4.69) is 10.0 Å². The molecule has 0 unspecified atom stereocenters. The number of aryl methyl sites for hydroxylation is 1. The molecule has 0 bridgehead atoms. The fourth-order valence-electron chi connectivity index (χ4n) is 3.81. The minimum absolute atomic E-state index is 0.0331. The second-order valence-corrected chi connectivity index (χ2v) is 12.6. The predicted octanol–water partition coefficient (Wildman–Crippen LogP) is 4.01. The van der Waals surface area contributed by atoms with Gasteiger partial charge in [0.15, 0.2) is 11.5 Å². The lowest BCUT2D eigenvalue weighted by atomic mass is 10.2. The Morgan fingerprint density at radius 2 is 1.55 bits per heavy atom. The number of carbonyl (C=O) groups is 1. The van der Waals surface area contributed by atoms with Gasteiger partial charge in [0.05, 0.1) is 22.5 Å². The van der Waals surface area contributed by atoms with Crippen molar-refractivity contribution in [3.63, 3.8) is 0 Å². The molecule has 1 aliphatic heterocycles. The summed E-state index contributed by atoms with van der Waals surface area (Å²) in [6.07, 6.45) is 1.00. The highest BCUT2D eigenvalue weighted by Crippen LogP contribution is 2.35. The second-order valence-electron chi connectivity index (χ2n) is 8.65. The fraction of sp³-hybridized carbons (Fsp3) is 0.240. The molecule has 0 fully saturated rings. The van der Waals surface area contributed by atoms with Crippen LogP contribution in [0.4, 0.5) is 17.1 Å². The number of hydrogen-bond acceptors (Lipinski definition) is 7. The van der Waals surface area contributed by atoms with Gasteiger partial charge in [0, 0.05) is 16.8 Å².